The molecule has 6 heteroatoms. The highest BCUT2D eigenvalue weighted by Crippen LogP contribution is 2.22. The summed E-state index contributed by atoms with van der Waals surface area (Å²) in [6.45, 7) is 4.03. The first kappa shape index (κ1) is 12.9. The molecule has 0 aliphatic heterocycles. The SMILES string of the molecule is CC(C)c1nnc(SCc2ccc(F)cc2)n1N. The fraction of sp³-hybridized carbons (Fsp3) is 0.333. The lowest BCUT2D eigenvalue weighted by molar-refractivity contribution is 0.627. The monoisotopic (exact) mass is 266 g/mol. The zero-order valence-corrected chi connectivity index (χ0v) is 11.1. The van der Waals surface area contributed by atoms with E-state index in [9.17, 15) is 4.39 Å². The second-order valence-corrected chi connectivity index (χ2v) is 5.22. The molecule has 0 radical (unpaired) electrons. The summed E-state index contributed by atoms with van der Waals surface area (Å²) in [4.78, 5) is 0. The maximum atomic E-state index is 12.8. The number of hydrogen-bond acceptors (Lipinski definition) is 4. The third-order valence-electron chi connectivity index (χ3n) is 2.49. The lowest BCUT2D eigenvalue weighted by Crippen LogP contribution is -2.14. The number of nitrogen functional groups attached to an aromatic ring is 1. The lowest BCUT2D eigenvalue weighted by atomic mass is 10.2. The number of aromatic nitrogens is 3. The molecule has 0 amide bonds. The Balaban J connectivity index is 2.04. The van der Waals surface area contributed by atoms with Gasteiger partial charge >= 0.3 is 0 Å². The number of rotatable bonds is 4. The molecule has 0 aliphatic rings. The van der Waals surface area contributed by atoms with Crippen molar-refractivity contribution in [2.45, 2.75) is 30.7 Å². The highest BCUT2D eigenvalue weighted by Gasteiger charge is 2.12. The van der Waals surface area contributed by atoms with Gasteiger partial charge in [-0.1, -0.05) is 37.7 Å². The van der Waals surface area contributed by atoms with Gasteiger partial charge in [0.05, 0.1) is 0 Å². The molecule has 0 unspecified atom stereocenters. The van der Waals surface area contributed by atoms with E-state index in [-0.39, 0.29) is 11.7 Å². The van der Waals surface area contributed by atoms with Crippen LogP contribution in [0.3, 0.4) is 0 Å². The molecule has 0 saturated heterocycles. The Kier molecular flexibility index (Phi) is 3.86. The van der Waals surface area contributed by atoms with Crippen LogP contribution in [0, 0.1) is 5.82 Å². The minimum absolute atomic E-state index is 0.229. The van der Waals surface area contributed by atoms with Gasteiger partial charge in [-0.3, -0.25) is 0 Å². The van der Waals surface area contributed by atoms with E-state index >= 15 is 0 Å². The third-order valence-corrected chi connectivity index (χ3v) is 3.50. The lowest BCUT2D eigenvalue weighted by Gasteiger charge is -2.05. The van der Waals surface area contributed by atoms with Crippen LogP contribution in [0.1, 0.15) is 31.2 Å². The summed E-state index contributed by atoms with van der Waals surface area (Å²) < 4.78 is 14.3. The average molecular weight is 266 g/mol. The normalized spacial score (nSPS) is 11.1. The molecule has 18 heavy (non-hydrogen) atoms. The molecule has 2 aromatic rings. The van der Waals surface area contributed by atoms with E-state index in [1.54, 1.807) is 12.1 Å². The van der Waals surface area contributed by atoms with E-state index in [2.05, 4.69) is 10.2 Å². The number of halogens is 1. The Morgan fingerprint density at radius 1 is 1.28 bits per heavy atom. The van der Waals surface area contributed by atoms with E-state index in [0.717, 1.165) is 11.4 Å². The molecule has 1 aromatic carbocycles. The summed E-state index contributed by atoms with van der Waals surface area (Å²) in [5, 5.41) is 8.76. The topological polar surface area (TPSA) is 56.7 Å². The summed E-state index contributed by atoms with van der Waals surface area (Å²) in [5.74, 6) is 7.36. The fourth-order valence-electron chi connectivity index (χ4n) is 1.51. The molecule has 0 aliphatic carbocycles. The van der Waals surface area contributed by atoms with Gasteiger partial charge in [-0.05, 0) is 17.7 Å². The largest absolute Gasteiger partial charge is 0.336 e. The standard InChI is InChI=1S/C12H15FN4S/c1-8(2)11-15-16-12(17(11)14)18-7-9-3-5-10(13)6-4-9/h3-6,8H,7,14H2,1-2H3. The molecule has 0 spiro atoms. The molecule has 1 aromatic heterocycles. The van der Waals surface area contributed by atoms with Crippen LogP contribution in [0.5, 0.6) is 0 Å². The number of benzene rings is 1. The third kappa shape index (κ3) is 2.81. The Morgan fingerprint density at radius 3 is 2.50 bits per heavy atom. The first-order valence-electron chi connectivity index (χ1n) is 5.65. The van der Waals surface area contributed by atoms with Crippen LogP contribution in [0.15, 0.2) is 29.4 Å². The summed E-state index contributed by atoms with van der Waals surface area (Å²) >= 11 is 1.49. The van der Waals surface area contributed by atoms with E-state index in [4.69, 9.17) is 5.84 Å². The van der Waals surface area contributed by atoms with Crippen molar-refractivity contribution < 1.29 is 4.39 Å². The van der Waals surface area contributed by atoms with Crippen molar-refractivity contribution in [3.05, 3.63) is 41.5 Å². The molecule has 96 valence electrons. The van der Waals surface area contributed by atoms with Gasteiger partial charge in [-0.2, -0.15) is 0 Å². The van der Waals surface area contributed by atoms with Gasteiger partial charge in [0.15, 0.2) is 5.82 Å². The minimum Gasteiger partial charge on any atom is -0.336 e. The Bertz CT molecular complexity index is 521. The van der Waals surface area contributed by atoms with Crippen LogP contribution in [0.2, 0.25) is 0 Å². The molecule has 2 rings (SSSR count). The number of thioether (sulfide) groups is 1. The smallest absolute Gasteiger partial charge is 0.210 e. The van der Waals surface area contributed by atoms with Gasteiger partial charge in [0.25, 0.3) is 0 Å². The van der Waals surface area contributed by atoms with Crippen LogP contribution in [-0.4, -0.2) is 14.9 Å². The van der Waals surface area contributed by atoms with Crippen molar-refractivity contribution in [2.24, 2.45) is 0 Å². The molecule has 0 saturated carbocycles. The van der Waals surface area contributed by atoms with Gasteiger partial charge in [0.2, 0.25) is 5.16 Å². The van der Waals surface area contributed by atoms with Gasteiger partial charge in [0.1, 0.15) is 5.82 Å². The second kappa shape index (κ2) is 5.39. The van der Waals surface area contributed by atoms with Gasteiger partial charge in [-0.15, -0.1) is 10.2 Å². The van der Waals surface area contributed by atoms with Crippen molar-refractivity contribution in [1.82, 2.24) is 14.9 Å². The molecule has 0 bridgehead atoms. The zero-order chi connectivity index (χ0) is 13.1. The van der Waals surface area contributed by atoms with E-state index in [1.807, 2.05) is 13.8 Å². The molecule has 0 fully saturated rings. The predicted molar refractivity (Wildman–Crippen MR) is 70.2 cm³/mol. The highest BCUT2D eigenvalue weighted by atomic mass is 32.2. The Labute approximate surface area is 109 Å². The first-order chi connectivity index (χ1) is 8.58. The minimum atomic E-state index is -0.229. The van der Waals surface area contributed by atoms with Crippen molar-refractivity contribution in [1.29, 1.82) is 0 Å². The second-order valence-electron chi connectivity index (χ2n) is 4.28. The van der Waals surface area contributed by atoms with Crippen LogP contribution in [0.4, 0.5) is 4.39 Å². The summed E-state index contributed by atoms with van der Waals surface area (Å²) in [6.07, 6.45) is 0. The van der Waals surface area contributed by atoms with Crippen LogP contribution >= 0.6 is 11.8 Å². The average Bonchev–Trinajstić information content (AvgIpc) is 2.70. The number of nitrogens with two attached hydrogens (primary N) is 1. The van der Waals surface area contributed by atoms with Gasteiger partial charge in [-0.25, -0.2) is 9.07 Å². The first-order valence-corrected chi connectivity index (χ1v) is 6.64. The van der Waals surface area contributed by atoms with Crippen molar-refractivity contribution >= 4 is 11.8 Å². The number of hydrogen-bond donors (Lipinski definition) is 1. The predicted octanol–water partition coefficient (Wildman–Crippen LogP) is 2.55. The Morgan fingerprint density at radius 2 is 1.94 bits per heavy atom. The molecule has 1 heterocycles. The Hall–Kier alpha value is -1.56. The fourth-order valence-corrected chi connectivity index (χ4v) is 2.33. The van der Waals surface area contributed by atoms with Gasteiger partial charge in [0, 0.05) is 11.7 Å². The molecular formula is C12H15FN4S. The summed E-state index contributed by atoms with van der Waals surface area (Å²) in [7, 11) is 0. The maximum Gasteiger partial charge on any atom is 0.210 e. The van der Waals surface area contributed by atoms with E-state index in [0.29, 0.717) is 10.9 Å². The van der Waals surface area contributed by atoms with E-state index < -0.39 is 0 Å². The molecule has 4 nitrogen and oxygen atoms in total. The van der Waals surface area contributed by atoms with Crippen LogP contribution in [0.25, 0.3) is 0 Å². The van der Waals surface area contributed by atoms with Gasteiger partial charge < -0.3 is 5.84 Å². The van der Waals surface area contributed by atoms with Crippen LogP contribution in [-0.2, 0) is 5.75 Å². The molecule has 2 N–H and O–H groups in total. The van der Waals surface area contributed by atoms with Crippen molar-refractivity contribution in [2.75, 3.05) is 5.84 Å². The summed E-state index contributed by atoms with van der Waals surface area (Å²) in [6, 6.07) is 6.40. The zero-order valence-electron chi connectivity index (χ0n) is 10.3. The highest BCUT2D eigenvalue weighted by molar-refractivity contribution is 7.98. The van der Waals surface area contributed by atoms with E-state index in [1.165, 1.54) is 28.6 Å². The van der Waals surface area contributed by atoms with Crippen LogP contribution < -0.4 is 5.84 Å². The maximum absolute atomic E-state index is 12.8. The van der Waals surface area contributed by atoms with Crippen molar-refractivity contribution in [3.63, 3.8) is 0 Å². The quantitative estimate of drug-likeness (QED) is 0.682. The number of nitrogens with zero attached hydrogens (tertiary/aromatic N) is 3. The molecular weight excluding hydrogens is 251 g/mol. The summed E-state index contributed by atoms with van der Waals surface area (Å²) in [5.41, 5.74) is 1.02. The van der Waals surface area contributed by atoms with Crippen molar-refractivity contribution in [3.8, 4) is 0 Å². The molecule has 0 atom stereocenters.